The quantitative estimate of drug-likeness (QED) is 0.286. The first kappa shape index (κ1) is 34.7. The highest BCUT2D eigenvalue weighted by Gasteiger charge is 2.72. The molecule has 0 aromatic carbocycles. The average molecular weight is 694 g/mol. The van der Waals surface area contributed by atoms with E-state index in [1.54, 1.807) is 0 Å². The second kappa shape index (κ2) is 11.3. The fourth-order valence-corrected chi connectivity index (χ4v) is 12.7. The number of nitrogens with one attached hydrogen (secondary N) is 1. The normalized spacial score (nSPS) is 57.3. The van der Waals surface area contributed by atoms with Crippen LogP contribution in [0.1, 0.15) is 113 Å². The maximum absolute atomic E-state index is 13.5. The van der Waals surface area contributed by atoms with Crippen LogP contribution in [0.5, 0.6) is 0 Å². The summed E-state index contributed by atoms with van der Waals surface area (Å²) in [5.41, 5.74) is -3.22. The Kier molecular flexibility index (Phi) is 8.19. The Morgan fingerprint density at radius 1 is 0.646 bits per heavy atom. The van der Waals surface area contributed by atoms with Gasteiger partial charge < -0.3 is 18.9 Å². The van der Waals surface area contributed by atoms with Crippen LogP contribution in [0.15, 0.2) is 0 Å². The van der Waals surface area contributed by atoms with E-state index >= 15 is 0 Å². The van der Waals surface area contributed by atoms with Gasteiger partial charge in [-0.15, -0.1) is 0 Å². The fourth-order valence-electron chi connectivity index (χ4n) is 11.6. The molecule has 10 aliphatic rings. The van der Waals surface area contributed by atoms with Gasteiger partial charge in [-0.3, -0.25) is 0 Å². The topological polar surface area (TPSA) is 120 Å². The molecule has 10 fully saturated rings. The lowest BCUT2D eigenvalue weighted by atomic mass is 9.52. The fraction of sp³-hybridized carbons (Fsp3) is 1.00. The molecule has 0 aromatic rings. The van der Waals surface area contributed by atoms with E-state index in [1.807, 2.05) is 13.8 Å². The second-order valence-corrected chi connectivity index (χ2v) is 19.5. The van der Waals surface area contributed by atoms with Crippen LogP contribution < -0.4 is 4.72 Å². The van der Waals surface area contributed by atoms with Gasteiger partial charge in [0.25, 0.3) is 0 Å². The van der Waals surface area contributed by atoms with Crippen LogP contribution in [-0.2, 0) is 48.5 Å². The van der Waals surface area contributed by atoms with E-state index in [0.29, 0.717) is 24.7 Å². The van der Waals surface area contributed by atoms with Crippen molar-refractivity contribution in [3.05, 3.63) is 0 Å². The van der Waals surface area contributed by atoms with E-state index in [0.717, 1.165) is 44.9 Å². The molecular weight excluding hydrogens is 637 g/mol. The van der Waals surface area contributed by atoms with Crippen LogP contribution >= 0.6 is 0 Å². The van der Waals surface area contributed by atoms with Crippen molar-refractivity contribution in [2.75, 3.05) is 12.3 Å². The predicted molar refractivity (Wildman–Crippen MR) is 174 cm³/mol. The molecule has 0 aromatic heterocycles. The summed E-state index contributed by atoms with van der Waals surface area (Å²) in [7, 11) is 3.33. The Bertz CT molecular complexity index is 1390. The number of rotatable bonds is 7. The van der Waals surface area contributed by atoms with Gasteiger partial charge in [0.15, 0.2) is 23.8 Å². The Hall–Kier alpha value is -0.345. The van der Waals surface area contributed by atoms with Crippen molar-refractivity contribution in [2.45, 2.75) is 159 Å². The molecule has 2 aliphatic carbocycles. The zero-order chi connectivity index (χ0) is 34.1. The van der Waals surface area contributed by atoms with Gasteiger partial charge in [0.2, 0.25) is 21.6 Å². The van der Waals surface area contributed by atoms with Gasteiger partial charge in [-0.1, -0.05) is 27.7 Å². The smallest absolute Gasteiger partial charge is 0.211 e. The van der Waals surface area contributed by atoms with Gasteiger partial charge in [-0.05, 0) is 108 Å². The molecule has 2 radical (unpaired) electrons. The van der Waals surface area contributed by atoms with E-state index in [2.05, 4.69) is 39.3 Å². The number of ether oxygens (including phenoxy) is 4. The Labute approximate surface area is 287 Å². The highest BCUT2D eigenvalue weighted by molar-refractivity contribution is 7.89. The molecule has 1 N–H and O–H groups in total. The molecule has 48 heavy (non-hydrogen) atoms. The lowest BCUT2D eigenvalue weighted by molar-refractivity contribution is -0.576. The van der Waals surface area contributed by atoms with Crippen LogP contribution in [0.2, 0.25) is 0 Å². The summed E-state index contributed by atoms with van der Waals surface area (Å²) in [6, 6.07) is 0. The SMILES string of the molecule is [B][C@]1(CCS(=O)(=O)NCC[C@@]2(C)O[C@@H]3O[C@]4(C)CC[C@H]5[C@H](C)CC[C@@H]([C@H]2C)[C@@]35OO4)O[C@@H]2O[C@@]3(C)CC[C@H]4[C@H](C)CC[C@@H]([C@H]1C)[C@@]24OO3. The Balaban J connectivity index is 0.939. The minimum absolute atomic E-state index is 0.0226. The largest absolute Gasteiger partial charge is 0.353 e. The summed E-state index contributed by atoms with van der Waals surface area (Å²) in [6.07, 6.45) is 6.73. The molecular formula is C35H56BNO10S. The van der Waals surface area contributed by atoms with Crippen molar-refractivity contribution < 1.29 is 46.9 Å². The van der Waals surface area contributed by atoms with E-state index in [1.165, 1.54) is 0 Å². The summed E-state index contributed by atoms with van der Waals surface area (Å²) in [6.45, 7) is 15.0. The third kappa shape index (κ3) is 5.02. The number of hydrogen-bond donors (Lipinski definition) is 1. The standard InChI is InChI=1S/C35H56BNO10S/c1-20-8-10-26-22(3)30(5,40-28-34(26)24(20)12-14-31(6,41-28)44-46-34)16-18-37-48(38,39)19-17-33(36)23(4)27-11-9-21(2)25-13-15-32(7)42-29(43-33)35(25,27)47-45-32/h20-29,37H,8-19H2,1-7H3/t20-,21-,22-,23-,24+,25+,26+,27+,28-,29+,30-,31+,32-,33-,34-,35-/m1/s1. The summed E-state index contributed by atoms with van der Waals surface area (Å²) < 4.78 is 56.4. The molecule has 13 heteroatoms. The van der Waals surface area contributed by atoms with Crippen molar-refractivity contribution in [3.8, 4) is 0 Å². The third-order valence-electron chi connectivity index (χ3n) is 14.9. The highest BCUT2D eigenvalue weighted by atomic mass is 32.2. The van der Waals surface area contributed by atoms with Crippen molar-refractivity contribution in [3.63, 3.8) is 0 Å². The zero-order valence-corrected chi connectivity index (χ0v) is 30.6. The summed E-state index contributed by atoms with van der Waals surface area (Å²) in [4.78, 5) is 24.4. The van der Waals surface area contributed by atoms with Gasteiger partial charge in [-0.25, -0.2) is 32.7 Å². The van der Waals surface area contributed by atoms with Crippen LogP contribution in [0, 0.1) is 47.3 Å². The summed E-state index contributed by atoms with van der Waals surface area (Å²) in [5, 5.41) is 0. The van der Waals surface area contributed by atoms with E-state index in [-0.39, 0.29) is 54.2 Å². The molecule has 270 valence electrons. The Morgan fingerprint density at radius 2 is 1.17 bits per heavy atom. The van der Waals surface area contributed by atoms with Crippen molar-refractivity contribution in [1.29, 1.82) is 0 Å². The van der Waals surface area contributed by atoms with Crippen LogP contribution in [-0.4, -0.2) is 75.0 Å². The minimum Gasteiger partial charge on any atom is -0.353 e. The molecule has 2 spiro atoms. The molecule has 8 saturated heterocycles. The number of hydrogen-bond acceptors (Lipinski definition) is 10. The molecule has 8 heterocycles. The Morgan fingerprint density at radius 3 is 1.73 bits per heavy atom. The third-order valence-corrected chi connectivity index (χ3v) is 16.3. The first-order valence-corrected chi connectivity index (χ1v) is 20.3. The zero-order valence-electron chi connectivity index (χ0n) is 29.8. The van der Waals surface area contributed by atoms with Crippen molar-refractivity contribution in [2.24, 2.45) is 47.3 Å². The van der Waals surface area contributed by atoms with Gasteiger partial charge in [0.1, 0.15) is 7.85 Å². The predicted octanol–water partition coefficient (Wildman–Crippen LogP) is 5.07. The lowest BCUT2D eigenvalue weighted by Gasteiger charge is -2.63. The van der Waals surface area contributed by atoms with Crippen molar-refractivity contribution >= 4 is 17.9 Å². The van der Waals surface area contributed by atoms with Gasteiger partial charge >= 0.3 is 0 Å². The second-order valence-electron chi connectivity index (χ2n) is 17.6. The van der Waals surface area contributed by atoms with Crippen LogP contribution in [0.4, 0.5) is 0 Å². The number of sulfonamides is 1. The average Bonchev–Trinajstić information content (AvgIpc) is 3.39. The summed E-state index contributed by atoms with van der Waals surface area (Å²) in [5.74, 6) is -0.403. The molecule has 0 unspecified atom stereocenters. The monoisotopic (exact) mass is 693 g/mol. The molecule has 8 aliphatic heterocycles. The van der Waals surface area contributed by atoms with E-state index in [9.17, 15) is 8.42 Å². The maximum Gasteiger partial charge on any atom is 0.211 e. The van der Waals surface area contributed by atoms with Crippen molar-refractivity contribution in [1.82, 2.24) is 4.72 Å². The van der Waals surface area contributed by atoms with Crippen LogP contribution in [0.3, 0.4) is 0 Å². The molecule has 10 rings (SSSR count). The minimum atomic E-state index is -3.69. The van der Waals surface area contributed by atoms with E-state index in [4.69, 9.17) is 46.3 Å². The summed E-state index contributed by atoms with van der Waals surface area (Å²) >= 11 is 0. The molecule has 2 saturated carbocycles. The first-order chi connectivity index (χ1) is 22.5. The molecule has 4 bridgehead atoms. The maximum atomic E-state index is 13.5. The van der Waals surface area contributed by atoms with Crippen LogP contribution in [0.25, 0.3) is 0 Å². The van der Waals surface area contributed by atoms with Gasteiger partial charge in [-0.2, -0.15) is 0 Å². The molecule has 0 amide bonds. The number of fused-ring (bicyclic) bond motifs is 4. The van der Waals surface area contributed by atoms with Gasteiger partial charge in [0, 0.05) is 36.7 Å². The first-order valence-electron chi connectivity index (χ1n) is 18.7. The van der Waals surface area contributed by atoms with E-state index < -0.39 is 56.5 Å². The lowest BCUT2D eigenvalue weighted by Crippen LogP contribution is -2.73. The van der Waals surface area contributed by atoms with Gasteiger partial charge in [0.05, 0.1) is 11.4 Å². The molecule has 11 nitrogen and oxygen atoms in total. The highest BCUT2D eigenvalue weighted by Crippen LogP contribution is 2.64. The molecule has 16 atom stereocenters.